The molecule has 1 aliphatic heterocycles. The van der Waals surface area contributed by atoms with Gasteiger partial charge >= 0.3 is 0 Å². The van der Waals surface area contributed by atoms with Gasteiger partial charge in [-0.15, -0.1) is 0 Å². The molecule has 1 N–H and O–H groups in total. The first-order chi connectivity index (χ1) is 11.1. The maximum atomic E-state index is 11.7. The SMILES string of the molecule is CCc1ccc(CN2CCC[C@H](CNC(=O)C=C(C)C)C2)nc1. The minimum Gasteiger partial charge on any atom is -0.352 e. The fourth-order valence-electron chi connectivity index (χ4n) is 3.01. The summed E-state index contributed by atoms with van der Waals surface area (Å²) >= 11 is 0. The summed E-state index contributed by atoms with van der Waals surface area (Å²) in [7, 11) is 0. The summed E-state index contributed by atoms with van der Waals surface area (Å²) in [5.41, 5.74) is 3.46. The maximum absolute atomic E-state index is 11.7. The number of rotatable bonds is 6. The highest BCUT2D eigenvalue weighted by Gasteiger charge is 2.20. The Bertz CT molecular complexity index is 532. The van der Waals surface area contributed by atoms with Crippen molar-refractivity contribution in [2.24, 2.45) is 5.92 Å². The smallest absolute Gasteiger partial charge is 0.243 e. The van der Waals surface area contributed by atoms with E-state index >= 15 is 0 Å². The Labute approximate surface area is 140 Å². The quantitative estimate of drug-likeness (QED) is 0.821. The van der Waals surface area contributed by atoms with E-state index in [1.54, 1.807) is 6.08 Å². The van der Waals surface area contributed by atoms with Crippen LogP contribution in [0.1, 0.15) is 44.9 Å². The van der Waals surface area contributed by atoms with Crippen LogP contribution in [-0.4, -0.2) is 35.4 Å². The Morgan fingerprint density at radius 2 is 2.26 bits per heavy atom. The lowest BCUT2D eigenvalue weighted by atomic mass is 9.97. The van der Waals surface area contributed by atoms with E-state index in [2.05, 4.69) is 34.3 Å². The molecule has 0 spiro atoms. The number of nitrogens with one attached hydrogen (secondary N) is 1. The number of amides is 1. The first kappa shape index (κ1) is 17.7. The van der Waals surface area contributed by atoms with Gasteiger partial charge in [0.1, 0.15) is 0 Å². The van der Waals surface area contributed by atoms with Gasteiger partial charge in [-0.3, -0.25) is 14.7 Å². The van der Waals surface area contributed by atoms with Crippen molar-refractivity contribution in [1.29, 1.82) is 0 Å². The maximum Gasteiger partial charge on any atom is 0.243 e. The van der Waals surface area contributed by atoms with Gasteiger partial charge in [-0.1, -0.05) is 18.6 Å². The Kier molecular flexibility index (Phi) is 6.78. The van der Waals surface area contributed by atoms with E-state index in [1.165, 1.54) is 18.4 Å². The van der Waals surface area contributed by atoms with Gasteiger partial charge in [0.05, 0.1) is 5.69 Å². The van der Waals surface area contributed by atoms with Crippen molar-refractivity contribution in [1.82, 2.24) is 15.2 Å². The summed E-state index contributed by atoms with van der Waals surface area (Å²) in [4.78, 5) is 18.7. The molecule has 1 aliphatic rings. The highest BCUT2D eigenvalue weighted by Crippen LogP contribution is 2.17. The first-order valence-electron chi connectivity index (χ1n) is 8.65. The van der Waals surface area contributed by atoms with Crippen LogP contribution in [-0.2, 0) is 17.8 Å². The van der Waals surface area contributed by atoms with Crippen molar-refractivity contribution < 1.29 is 4.79 Å². The van der Waals surface area contributed by atoms with E-state index in [0.717, 1.165) is 43.9 Å². The number of piperidine rings is 1. The van der Waals surface area contributed by atoms with Gasteiger partial charge in [-0.2, -0.15) is 0 Å². The minimum absolute atomic E-state index is 0.0268. The number of nitrogens with zero attached hydrogens (tertiary/aromatic N) is 2. The highest BCUT2D eigenvalue weighted by atomic mass is 16.1. The molecule has 1 saturated heterocycles. The Balaban J connectivity index is 1.80. The number of aryl methyl sites for hydroxylation is 1. The minimum atomic E-state index is 0.0268. The van der Waals surface area contributed by atoms with Crippen LogP contribution in [0.3, 0.4) is 0 Å². The van der Waals surface area contributed by atoms with Gasteiger partial charge in [0.15, 0.2) is 0 Å². The summed E-state index contributed by atoms with van der Waals surface area (Å²) in [5, 5.41) is 3.03. The van der Waals surface area contributed by atoms with Crippen LogP contribution < -0.4 is 5.32 Å². The number of pyridine rings is 1. The lowest BCUT2D eigenvalue weighted by Gasteiger charge is -2.32. The number of carbonyl (C=O) groups is 1. The molecule has 126 valence electrons. The van der Waals surface area contributed by atoms with Gasteiger partial charge in [0, 0.05) is 31.9 Å². The summed E-state index contributed by atoms with van der Waals surface area (Å²) in [6.07, 6.45) is 7.06. The molecule has 0 unspecified atom stereocenters. The molecule has 0 aromatic carbocycles. The average Bonchev–Trinajstić information content (AvgIpc) is 2.53. The fourth-order valence-corrected chi connectivity index (χ4v) is 3.01. The molecule has 1 aromatic rings. The lowest BCUT2D eigenvalue weighted by molar-refractivity contribution is -0.116. The van der Waals surface area contributed by atoms with Gasteiger partial charge in [-0.05, 0) is 57.2 Å². The summed E-state index contributed by atoms with van der Waals surface area (Å²) in [6.45, 7) is 9.86. The normalized spacial score (nSPS) is 18.5. The van der Waals surface area contributed by atoms with Gasteiger partial charge in [-0.25, -0.2) is 0 Å². The van der Waals surface area contributed by atoms with Crippen LogP contribution in [0.15, 0.2) is 30.0 Å². The topological polar surface area (TPSA) is 45.2 Å². The second-order valence-electron chi connectivity index (χ2n) is 6.72. The van der Waals surface area contributed by atoms with Crippen molar-refractivity contribution in [3.63, 3.8) is 0 Å². The molecule has 4 heteroatoms. The van der Waals surface area contributed by atoms with Crippen molar-refractivity contribution in [2.75, 3.05) is 19.6 Å². The summed E-state index contributed by atoms with van der Waals surface area (Å²) in [6, 6.07) is 4.31. The largest absolute Gasteiger partial charge is 0.352 e. The van der Waals surface area contributed by atoms with E-state index < -0.39 is 0 Å². The molecule has 4 nitrogen and oxygen atoms in total. The first-order valence-corrected chi connectivity index (χ1v) is 8.65. The number of hydrogen-bond donors (Lipinski definition) is 1. The Morgan fingerprint density at radius 3 is 2.91 bits per heavy atom. The molecule has 1 fully saturated rings. The number of hydrogen-bond acceptors (Lipinski definition) is 3. The van der Waals surface area contributed by atoms with E-state index in [-0.39, 0.29) is 5.91 Å². The van der Waals surface area contributed by atoms with Crippen LogP contribution in [0.5, 0.6) is 0 Å². The third-order valence-electron chi connectivity index (χ3n) is 4.27. The van der Waals surface area contributed by atoms with Crippen LogP contribution in [0, 0.1) is 5.92 Å². The predicted octanol–water partition coefficient (Wildman–Crippen LogP) is 2.94. The van der Waals surface area contributed by atoms with Gasteiger partial charge in [0.2, 0.25) is 5.91 Å². The van der Waals surface area contributed by atoms with Crippen LogP contribution in [0.2, 0.25) is 0 Å². The number of likely N-dealkylation sites (tertiary alicyclic amines) is 1. The number of aromatic nitrogens is 1. The van der Waals surface area contributed by atoms with Gasteiger partial charge in [0.25, 0.3) is 0 Å². The molecular formula is C19H29N3O. The molecule has 2 rings (SSSR count). The molecule has 1 atom stereocenters. The van der Waals surface area contributed by atoms with E-state index in [1.807, 2.05) is 20.0 Å². The zero-order valence-electron chi connectivity index (χ0n) is 14.6. The van der Waals surface area contributed by atoms with Crippen molar-refractivity contribution in [3.05, 3.63) is 41.2 Å². The third kappa shape index (κ3) is 6.14. The van der Waals surface area contributed by atoms with Crippen LogP contribution in [0.4, 0.5) is 0 Å². The summed E-state index contributed by atoms with van der Waals surface area (Å²) in [5.74, 6) is 0.562. The van der Waals surface area contributed by atoms with E-state index in [9.17, 15) is 4.79 Å². The summed E-state index contributed by atoms with van der Waals surface area (Å²) < 4.78 is 0. The number of carbonyl (C=O) groups excluding carboxylic acids is 1. The second kappa shape index (κ2) is 8.82. The fraction of sp³-hybridized carbons (Fsp3) is 0.579. The van der Waals surface area contributed by atoms with Crippen molar-refractivity contribution in [3.8, 4) is 0 Å². The van der Waals surface area contributed by atoms with E-state index in [4.69, 9.17) is 0 Å². The van der Waals surface area contributed by atoms with Crippen molar-refractivity contribution in [2.45, 2.75) is 46.6 Å². The molecule has 1 amide bonds. The lowest BCUT2D eigenvalue weighted by Crippen LogP contribution is -2.40. The number of allylic oxidation sites excluding steroid dienone is 1. The molecule has 0 aliphatic carbocycles. The molecule has 23 heavy (non-hydrogen) atoms. The van der Waals surface area contributed by atoms with Gasteiger partial charge < -0.3 is 5.32 Å². The molecule has 0 saturated carbocycles. The van der Waals surface area contributed by atoms with Crippen LogP contribution in [0.25, 0.3) is 0 Å². The predicted molar refractivity (Wildman–Crippen MR) is 94.1 cm³/mol. The Morgan fingerprint density at radius 1 is 1.43 bits per heavy atom. The highest BCUT2D eigenvalue weighted by molar-refractivity contribution is 5.87. The third-order valence-corrected chi connectivity index (χ3v) is 4.27. The molecular weight excluding hydrogens is 286 g/mol. The Hall–Kier alpha value is -1.68. The monoisotopic (exact) mass is 315 g/mol. The average molecular weight is 315 g/mol. The van der Waals surface area contributed by atoms with E-state index in [0.29, 0.717) is 5.92 Å². The molecule has 0 bridgehead atoms. The molecule has 2 heterocycles. The zero-order valence-corrected chi connectivity index (χ0v) is 14.6. The standard InChI is InChI=1S/C19H29N3O/c1-4-16-7-8-18(20-11-16)14-22-9-5-6-17(13-22)12-21-19(23)10-15(2)3/h7-8,10-11,17H,4-6,9,12-14H2,1-3H3,(H,21,23)/t17-/m1/s1. The van der Waals surface area contributed by atoms with Crippen LogP contribution >= 0.6 is 0 Å². The zero-order chi connectivity index (χ0) is 16.7. The van der Waals surface area contributed by atoms with Crippen molar-refractivity contribution >= 4 is 5.91 Å². The molecule has 1 aromatic heterocycles. The second-order valence-corrected chi connectivity index (χ2v) is 6.72. The molecule has 0 radical (unpaired) electrons.